The summed E-state index contributed by atoms with van der Waals surface area (Å²) in [6, 6.07) is 16.5. The molecule has 28 heavy (non-hydrogen) atoms. The van der Waals surface area contributed by atoms with Crippen molar-refractivity contribution in [2.45, 2.75) is 45.3 Å². The molecule has 0 bridgehead atoms. The highest BCUT2D eigenvalue weighted by molar-refractivity contribution is 6.55. The van der Waals surface area contributed by atoms with Crippen LogP contribution >= 0.6 is 11.6 Å². The second kappa shape index (κ2) is 8.28. The van der Waals surface area contributed by atoms with E-state index < -0.39 is 24.0 Å². The molecule has 1 fully saturated rings. The van der Waals surface area contributed by atoms with Gasteiger partial charge in [-0.15, -0.1) is 0 Å². The van der Waals surface area contributed by atoms with Crippen molar-refractivity contribution >= 4 is 24.3 Å². The minimum Gasteiger partial charge on any atom is -0.493 e. The third-order valence-corrected chi connectivity index (χ3v) is 5.56. The summed E-state index contributed by atoms with van der Waals surface area (Å²) in [5, 5.41) is 0.597. The van der Waals surface area contributed by atoms with Crippen molar-refractivity contribution < 1.29 is 18.4 Å². The summed E-state index contributed by atoms with van der Waals surface area (Å²) in [5.41, 5.74) is -0.432. The summed E-state index contributed by atoms with van der Waals surface area (Å²) in [7, 11) is -1.05. The topological polar surface area (TPSA) is 27.7 Å². The van der Waals surface area contributed by atoms with E-state index in [1.807, 2.05) is 58.0 Å². The summed E-state index contributed by atoms with van der Waals surface area (Å²) in [6.07, 6.45) is 0.367. The lowest BCUT2D eigenvalue weighted by atomic mass is 9.82. The zero-order chi connectivity index (χ0) is 20.4. The lowest BCUT2D eigenvalue weighted by Gasteiger charge is -2.32. The van der Waals surface area contributed by atoms with Gasteiger partial charge in [-0.05, 0) is 63.1 Å². The van der Waals surface area contributed by atoms with Crippen LogP contribution in [0.3, 0.4) is 0 Å². The fourth-order valence-electron chi connectivity index (χ4n) is 2.93. The van der Waals surface area contributed by atoms with Crippen molar-refractivity contribution in [1.29, 1.82) is 0 Å². The second-order valence-electron chi connectivity index (χ2n) is 7.83. The van der Waals surface area contributed by atoms with E-state index in [0.29, 0.717) is 23.6 Å². The summed E-state index contributed by atoms with van der Waals surface area (Å²) in [6.45, 7) is 7.94. The fourth-order valence-corrected chi connectivity index (χ4v) is 3.06. The molecular weight excluding hydrogens is 378 g/mol. The van der Waals surface area contributed by atoms with E-state index in [0.717, 1.165) is 11.3 Å². The van der Waals surface area contributed by atoms with Gasteiger partial charge in [0, 0.05) is 11.4 Å². The van der Waals surface area contributed by atoms with Crippen LogP contribution in [0, 0.1) is 0 Å². The largest absolute Gasteiger partial charge is 0.525 e. The Morgan fingerprint density at radius 1 is 0.964 bits per heavy atom. The van der Waals surface area contributed by atoms with Gasteiger partial charge in [0.15, 0.2) is 0 Å². The quantitative estimate of drug-likeness (QED) is 0.545. The van der Waals surface area contributed by atoms with Gasteiger partial charge in [0.25, 0.3) is 0 Å². The third kappa shape index (κ3) is 4.60. The minimum absolute atomic E-state index is 0.328. The molecule has 3 nitrogen and oxygen atoms in total. The zero-order valence-corrected chi connectivity index (χ0v) is 17.4. The Labute approximate surface area is 171 Å². The Kier molecular flexibility index (Phi) is 6.18. The zero-order valence-electron chi connectivity index (χ0n) is 16.7. The van der Waals surface area contributed by atoms with E-state index in [9.17, 15) is 0 Å². The molecule has 2 aromatic rings. The van der Waals surface area contributed by atoms with Crippen molar-refractivity contribution in [3.63, 3.8) is 0 Å². The van der Waals surface area contributed by atoms with E-state index >= 15 is 4.39 Å². The Bertz CT molecular complexity index is 819. The molecule has 148 valence electrons. The highest BCUT2D eigenvalue weighted by Crippen LogP contribution is 2.40. The van der Waals surface area contributed by atoms with Gasteiger partial charge in [-0.2, -0.15) is 0 Å². The molecule has 0 aromatic heterocycles. The molecule has 2 aromatic carbocycles. The van der Waals surface area contributed by atoms with Gasteiger partial charge in [0.2, 0.25) is 0 Å². The number of hydrogen-bond acceptors (Lipinski definition) is 3. The first-order valence-electron chi connectivity index (χ1n) is 9.37. The van der Waals surface area contributed by atoms with Crippen molar-refractivity contribution in [2.75, 3.05) is 6.61 Å². The SMILES string of the molecule is CC1(C)OB(C(F)=C(CCOc2ccccc2)c2ccc(Cl)cc2)OC1(C)C. The Morgan fingerprint density at radius 2 is 1.54 bits per heavy atom. The van der Waals surface area contributed by atoms with Gasteiger partial charge in [0.1, 0.15) is 11.5 Å². The Hall–Kier alpha value is -1.82. The van der Waals surface area contributed by atoms with E-state index in [4.69, 9.17) is 25.6 Å². The summed E-state index contributed by atoms with van der Waals surface area (Å²) < 4.78 is 33.1. The van der Waals surface area contributed by atoms with Crippen molar-refractivity contribution in [1.82, 2.24) is 0 Å². The van der Waals surface area contributed by atoms with Crippen LogP contribution < -0.4 is 4.74 Å². The maximum atomic E-state index is 15.5. The summed E-state index contributed by atoms with van der Waals surface area (Å²) in [4.78, 5) is 0. The maximum absolute atomic E-state index is 15.5. The number of ether oxygens (including phenoxy) is 1. The molecular formula is C22H25BClFO3. The molecule has 1 heterocycles. The van der Waals surface area contributed by atoms with Gasteiger partial charge in [-0.25, -0.2) is 4.39 Å². The third-order valence-electron chi connectivity index (χ3n) is 5.31. The normalized spacial score (nSPS) is 18.7. The van der Waals surface area contributed by atoms with Crippen LogP contribution in [-0.2, 0) is 9.31 Å². The molecule has 1 aliphatic heterocycles. The van der Waals surface area contributed by atoms with E-state index in [2.05, 4.69) is 0 Å². The molecule has 0 saturated carbocycles. The minimum atomic E-state index is -1.05. The first-order valence-corrected chi connectivity index (χ1v) is 9.75. The lowest BCUT2D eigenvalue weighted by molar-refractivity contribution is 0.00578. The molecule has 0 amide bonds. The molecule has 0 aliphatic carbocycles. The second-order valence-corrected chi connectivity index (χ2v) is 8.27. The monoisotopic (exact) mass is 402 g/mol. The molecule has 0 unspecified atom stereocenters. The number of benzene rings is 2. The molecule has 0 N–H and O–H groups in total. The Morgan fingerprint density at radius 3 is 2.11 bits per heavy atom. The molecule has 1 saturated heterocycles. The van der Waals surface area contributed by atoms with Crippen LogP contribution in [0.5, 0.6) is 5.75 Å². The standard InChI is InChI=1S/C22H25BClFO3/c1-21(2)22(3,4)28-23(27-21)20(25)19(16-10-12-17(24)13-11-16)14-15-26-18-8-6-5-7-9-18/h5-13H,14-15H2,1-4H3. The predicted octanol–water partition coefficient (Wildman–Crippen LogP) is 6.12. The van der Waals surface area contributed by atoms with Crippen LogP contribution in [0.4, 0.5) is 4.39 Å². The number of rotatable bonds is 6. The first kappa shape index (κ1) is 20.9. The van der Waals surface area contributed by atoms with Gasteiger partial charge < -0.3 is 14.0 Å². The highest BCUT2D eigenvalue weighted by Gasteiger charge is 2.53. The molecule has 0 atom stereocenters. The van der Waals surface area contributed by atoms with Crippen LogP contribution in [0.15, 0.2) is 60.3 Å². The first-order chi connectivity index (χ1) is 13.2. The van der Waals surface area contributed by atoms with Crippen LogP contribution in [-0.4, -0.2) is 24.9 Å². The van der Waals surface area contributed by atoms with E-state index in [1.165, 1.54) is 0 Å². The highest BCUT2D eigenvalue weighted by atomic mass is 35.5. The smallest absolute Gasteiger partial charge is 0.493 e. The molecule has 3 rings (SSSR count). The number of hydrogen-bond donors (Lipinski definition) is 0. The van der Waals surface area contributed by atoms with Crippen molar-refractivity contribution in [3.05, 3.63) is 70.9 Å². The van der Waals surface area contributed by atoms with Crippen LogP contribution in [0.1, 0.15) is 39.7 Å². The molecule has 0 spiro atoms. The van der Waals surface area contributed by atoms with Gasteiger partial charge >= 0.3 is 7.12 Å². The average molecular weight is 403 g/mol. The maximum Gasteiger partial charge on any atom is 0.525 e. The number of halogens is 2. The number of para-hydroxylation sites is 1. The van der Waals surface area contributed by atoms with E-state index in [1.54, 1.807) is 24.3 Å². The lowest BCUT2D eigenvalue weighted by Crippen LogP contribution is -2.41. The predicted molar refractivity (Wildman–Crippen MR) is 112 cm³/mol. The van der Waals surface area contributed by atoms with Crippen LogP contribution in [0.2, 0.25) is 5.02 Å². The molecule has 6 heteroatoms. The van der Waals surface area contributed by atoms with Gasteiger partial charge in [0.05, 0.1) is 17.8 Å². The average Bonchev–Trinajstić information content (AvgIpc) is 2.88. The van der Waals surface area contributed by atoms with Crippen molar-refractivity contribution in [3.8, 4) is 5.75 Å². The van der Waals surface area contributed by atoms with Gasteiger partial charge in [-0.3, -0.25) is 0 Å². The summed E-state index contributed by atoms with van der Waals surface area (Å²) >= 11 is 6.00. The summed E-state index contributed by atoms with van der Waals surface area (Å²) in [5.74, 6) is 0.744. The Balaban J connectivity index is 1.85. The fraction of sp³-hybridized carbons (Fsp3) is 0.364. The van der Waals surface area contributed by atoms with E-state index in [-0.39, 0.29) is 0 Å². The van der Waals surface area contributed by atoms with Crippen LogP contribution in [0.25, 0.3) is 5.57 Å². The van der Waals surface area contributed by atoms with Crippen molar-refractivity contribution in [2.24, 2.45) is 0 Å². The molecule has 0 radical (unpaired) electrons. The molecule has 1 aliphatic rings. The van der Waals surface area contributed by atoms with Gasteiger partial charge in [-0.1, -0.05) is 41.9 Å².